The highest BCUT2D eigenvalue weighted by molar-refractivity contribution is 7.17. The smallest absolute Gasteiger partial charge is 0.263 e. The van der Waals surface area contributed by atoms with Gasteiger partial charge < -0.3 is 9.88 Å². The summed E-state index contributed by atoms with van der Waals surface area (Å²) in [5.41, 5.74) is 2.03. The number of carbonyl (C=O) groups is 1. The number of likely N-dealkylation sites (tertiary alicyclic amines) is 1. The van der Waals surface area contributed by atoms with Crippen LogP contribution in [0.5, 0.6) is 0 Å². The van der Waals surface area contributed by atoms with E-state index >= 15 is 0 Å². The zero-order valence-electron chi connectivity index (χ0n) is 12.5. The molecule has 4 nitrogen and oxygen atoms in total. The van der Waals surface area contributed by atoms with Crippen molar-refractivity contribution in [1.82, 2.24) is 14.9 Å². The average molecular weight is 346 g/mol. The Kier molecular flexibility index (Phi) is 3.83. The predicted molar refractivity (Wildman–Crippen MR) is 93.3 cm³/mol. The fraction of sp³-hybridized carbons (Fsp3) is 0.294. The van der Waals surface area contributed by atoms with Gasteiger partial charge in [-0.05, 0) is 37.1 Å². The molecule has 1 aliphatic rings. The number of nitrogens with zero attached hydrogens (tertiary/aromatic N) is 2. The second-order valence-corrected chi connectivity index (χ2v) is 7.55. The summed E-state index contributed by atoms with van der Waals surface area (Å²) in [4.78, 5) is 23.3. The maximum atomic E-state index is 12.6. The number of thiophene rings is 1. The number of hydrogen-bond acceptors (Lipinski definition) is 3. The van der Waals surface area contributed by atoms with E-state index in [9.17, 15) is 4.79 Å². The number of imidazole rings is 1. The standard InChI is InChI=1S/C17H16ClN3OS/c18-15-8-7-14(23-15)17(22)21-9-3-4-11(10-21)16-19-12-5-1-2-6-13(12)20-16/h1-2,5-8,11H,3-4,9-10H2,(H,19,20)/t11-/m0/s1. The summed E-state index contributed by atoms with van der Waals surface area (Å²) in [5, 5.41) is 0. The molecule has 0 saturated carbocycles. The summed E-state index contributed by atoms with van der Waals surface area (Å²) in [6, 6.07) is 11.6. The number of piperidine rings is 1. The predicted octanol–water partition coefficient (Wildman–Crippen LogP) is 4.30. The molecule has 1 saturated heterocycles. The van der Waals surface area contributed by atoms with Crippen molar-refractivity contribution in [2.45, 2.75) is 18.8 Å². The molecule has 0 unspecified atom stereocenters. The Labute approximate surface area is 143 Å². The van der Waals surface area contributed by atoms with Crippen LogP contribution in [0.15, 0.2) is 36.4 Å². The first-order valence-electron chi connectivity index (χ1n) is 7.70. The molecule has 3 heterocycles. The molecule has 4 rings (SSSR count). The molecule has 0 aliphatic carbocycles. The number of carbonyl (C=O) groups excluding carboxylic acids is 1. The van der Waals surface area contributed by atoms with Gasteiger partial charge in [-0.3, -0.25) is 4.79 Å². The van der Waals surface area contributed by atoms with Crippen LogP contribution in [-0.4, -0.2) is 33.9 Å². The van der Waals surface area contributed by atoms with Gasteiger partial charge >= 0.3 is 0 Å². The van der Waals surface area contributed by atoms with Gasteiger partial charge in [-0.15, -0.1) is 11.3 Å². The molecule has 1 fully saturated rings. The molecule has 23 heavy (non-hydrogen) atoms. The van der Waals surface area contributed by atoms with Crippen LogP contribution < -0.4 is 0 Å². The molecule has 2 aromatic heterocycles. The van der Waals surface area contributed by atoms with Gasteiger partial charge in [0.15, 0.2) is 0 Å². The molecule has 3 aromatic rings. The van der Waals surface area contributed by atoms with Crippen LogP contribution in [0.3, 0.4) is 0 Å². The Hall–Kier alpha value is -1.85. The molecule has 1 atom stereocenters. The Morgan fingerprint density at radius 3 is 2.96 bits per heavy atom. The van der Waals surface area contributed by atoms with Gasteiger partial charge in [0.2, 0.25) is 0 Å². The number of nitrogens with one attached hydrogen (secondary N) is 1. The first-order chi connectivity index (χ1) is 11.2. The fourth-order valence-electron chi connectivity index (χ4n) is 3.14. The maximum absolute atomic E-state index is 12.6. The Morgan fingerprint density at radius 1 is 1.30 bits per heavy atom. The second-order valence-electron chi connectivity index (χ2n) is 5.83. The van der Waals surface area contributed by atoms with E-state index in [0.29, 0.717) is 15.8 Å². The van der Waals surface area contributed by atoms with Crippen molar-refractivity contribution in [2.24, 2.45) is 0 Å². The summed E-state index contributed by atoms with van der Waals surface area (Å²) < 4.78 is 0.652. The van der Waals surface area contributed by atoms with Gasteiger partial charge in [0, 0.05) is 19.0 Å². The zero-order valence-corrected chi connectivity index (χ0v) is 14.0. The van der Waals surface area contributed by atoms with E-state index in [-0.39, 0.29) is 11.8 Å². The summed E-state index contributed by atoms with van der Waals surface area (Å²) in [6.07, 6.45) is 2.04. The van der Waals surface area contributed by atoms with E-state index in [1.165, 1.54) is 11.3 Å². The highest BCUT2D eigenvalue weighted by Crippen LogP contribution is 2.29. The molecule has 0 bridgehead atoms. The van der Waals surface area contributed by atoms with E-state index in [1.807, 2.05) is 29.2 Å². The molecule has 1 amide bonds. The first kappa shape index (κ1) is 14.7. The van der Waals surface area contributed by atoms with Gasteiger partial charge in [-0.25, -0.2) is 4.98 Å². The molecule has 0 radical (unpaired) electrons. The largest absolute Gasteiger partial charge is 0.342 e. The third kappa shape index (κ3) is 2.86. The third-order valence-electron chi connectivity index (χ3n) is 4.29. The van der Waals surface area contributed by atoms with E-state index in [4.69, 9.17) is 16.6 Å². The van der Waals surface area contributed by atoms with E-state index in [2.05, 4.69) is 4.98 Å². The number of para-hydroxylation sites is 2. The lowest BCUT2D eigenvalue weighted by molar-refractivity contribution is 0.0710. The molecule has 1 aromatic carbocycles. The zero-order chi connectivity index (χ0) is 15.8. The monoisotopic (exact) mass is 345 g/mol. The van der Waals surface area contributed by atoms with Gasteiger partial charge in [0.1, 0.15) is 5.82 Å². The summed E-state index contributed by atoms with van der Waals surface area (Å²) >= 11 is 7.29. The summed E-state index contributed by atoms with van der Waals surface area (Å²) in [7, 11) is 0. The van der Waals surface area contributed by atoms with Gasteiger partial charge in [0.05, 0.1) is 20.2 Å². The number of aromatic amines is 1. The molecule has 6 heteroatoms. The fourth-order valence-corrected chi connectivity index (χ4v) is 4.15. The number of aromatic nitrogens is 2. The van der Waals surface area contributed by atoms with Crippen LogP contribution in [0, 0.1) is 0 Å². The normalized spacial score (nSPS) is 18.5. The van der Waals surface area contributed by atoms with Crippen LogP contribution in [0.4, 0.5) is 0 Å². The Bertz CT molecular complexity index is 823. The van der Waals surface area contributed by atoms with Crippen molar-refractivity contribution in [3.8, 4) is 0 Å². The van der Waals surface area contributed by atoms with Crippen molar-refractivity contribution in [3.05, 3.63) is 51.4 Å². The third-order valence-corrected chi connectivity index (χ3v) is 5.51. The molecule has 118 valence electrons. The number of H-pyrrole nitrogens is 1. The van der Waals surface area contributed by atoms with Crippen molar-refractivity contribution in [2.75, 3.05) is 13.1 Å². The average Bonchev–Trinajstić information content (AvgIpc) is 3.20. The Balaban J connectivity index is 1.55. The lowest BCUT2D eigenvalue weighted by atomic mass is 9.97. The lowest BCUT2D eigenvalue weighted by Gasteiger charge is -2.31. The van der Waals surface area contributed by atoms with E-state index < -0.39 is 0 Å². The van der Waals surface area contributed by atoms with Crippen LogP contribution >= 0.6 is 22.9 Å². The number of rotatable bonds is 2. The van der Waals surface area contributed by atoms with Crippen molar-refractivity contribution >= 4 is 39.9 Å². The van der Waals surface area contributed by atoms with Crippen LogP contribution in [-0.2, 0) is 0 Å². The SMILES string of the molecule is O=C(c1ccc(Cl)s1)N1CCC[C@H](c2nc3ccccc3[nH]2)C1. The minimum atomic E-state index is 0.0720. The maximum Gasteiger partial charge on any atom is 0.263 e. The van der Waals surface area contributed by atoms with Crippen molar-refractivity contribution < 1.29 is 4.79 Å². The van der Waals surface area contributed by atoms with Crippen LogP contribution in [0.2, 0.25) is 4.34 Å². The van der Waals surface area contributed by atoms with E-state index in [1.54, 1.807) is 12.1 Å². The number of amides is 1. The van der Waals surface area contributed by atoms with Crippen LogP contribution in [0.25, 0.3) is 11.0 Å². The molecular formula is C17H16ClN3OS. The van der Waals surface area contributed by atoms with Gasteiger partial charge in [-0.2, -0.15) is 0 Å². The first-order valence-corrected chi connectivity index (χ1v) is 8.89. The quantitative estimate of drug-likeness (QED) is 0.752. The summed E-state index contributed by atoms with van der Waals surface area (Å²) in [5.74, 6) is 1.31. The molecule has 1 N–H and O–H groups in total. The number of fused-ring (bicyclic) bond motifs is 1. The lowest BCUT2D eigenvalue weighted by Crippen LogP contribution is -2.39. The van der Waals surface area contributed by atoms with Gasteiger partial charge in [-0.1, -0.05) is 23.7 Å². The van der Waals surface area contributed by atoms with Crippen molar-refractivity contribution in [3.63, 3.8) is 0 Å². The summed E-state index contributed by atoms with van der Waals surface area (Å²) in [6.45, 7) is 1.50. The molecule has 0 spiro atoms. The highest BCUT2D eigenvalue weighted by atomic mass is 35.5. The highest BCUT2D eigenvalue weighted by Gasteiger charge is 2.28. The number of benzene rings is 1. The topological polar surface area (TPSA) is 49.0 Å². The minimum absolute atomic E-state index is 0.0720. The molecular weight excluding hydrogens is 330 g/mol. The van der Waals surface area contributed by atoms with E-state index in [0.717, 1.165) is 36.2 Å². The van der Waals surface area contributed by atoms with Crippen molar-refractivity contribution in [1.29, 1.82) is 0 Å². The second kappa shape index (κ2) is 5.98. The Morgan fingerprint density at radius 2 is 2.17 bits per heavy atom. The minimum Gasteiger partial charge on any atom is -0.342 e. The van der Waals surface area contributed by atoms with Crippen LogP contribution in [0.1, 0.15) is 34.3 Å². The number of halogens is 1. The number of hydrogen-bond donors (Lipinski definition) is 1. The molecule has 1 aliphatic heterocycles. The van der Waals surface area contributed by atoms with Gasteiger partial charge in [0.25, 0.3) is 5.91 Å².